The Hall–Kier alpha value is -2.15. The Morgan fingerprint density at radius 3 is 2.86 bits per heavy atom. The smallest absolute Gasteiger partial charge is 0.282 e. The van der Waals surface area contributed by atoms with Gasteiger partial charge in [0.05, 0.1) is 4.92 Å². The molecule has 1 saturated heterocycles. The zero-order chi connectivity index (χ0) is 15.6. The van der Waals surface area contributed by atoms with E-state index in [1.54, 1.807) is 11.9 Å². The van der Waals surface area contributed by atoms with E-state index in [0.717, 1.165) is 25.9 Å². The molecule has 0 aromatic heterocycles. The lowest BCUT2D eigenvalue weighted by Crippen LogP contribution is -2.47. The minimum Gasteiger partial charge on any atom is -0.399 e. The number of benzene rings is 1. The molecule has 0 spiro atoms. The maximum absolute atomic E-state index is 12.6. The standard InChI is InChI=1S/C14H20N4O3/c1-16-7-3-4-11(9-16)17(2)14(19)12-8-10(15)5-6-13(12)18(20)21/h5-6,8,11H,3-4,7,9,15H2,1-2H3. The molecule has 2 rings (SSSR count). The zero-order valence-corrected chi connectivity index (χ0v) is 12.3. The van der Waals surface area contributed by atoms with Gasteiger partial charge in [0.1, 0.15) is 5.56 Å². The molecular weight excluding hydrogens is 272 g/mol. The van der Waals surface area contributed by atoms with Crippen LogP contribution in [0.25, 0.3) is 0 Å². The molecular formula is C14H20N4O3. The van der Waals surface area contributed by atoms with E-state index in [1.807, 2.05) is 7.05 Å². The second-order valence-electron chi connectivity index (χ2n) is 5.51. The molecule has 7 heteroatoms. The van der Waals surface area contributed by atoms with Crippen molar-refractivity contribution in [2.75, 3.05) is 32.9 Å². The fourth-order valence-corrected chi connectivity index (χ4v) is 2.70. The summed E-state index contributed by atoms with van der Waals surface area (Å²) in [5.74, 6) is -0.352. The van der Waals surface area contributed by atoms with E-state index in [9.17, 15) is 14.9 Å². The predicted molar refractivity (Wildman–Crippen MR) is 80.1 cm³/mol. The van der Waals surface area contributed by atoms with Crippen LogP contribution in [-0.2, 0) is 0 Å². The van der Waals surface area contributed by atoms with Crippen LogP contribution in [-0.4, -0.2) is 53.9 Å². The molecule has 21 heavy (non-hydrogen) atoms. The summed E-state index contributed by atoms with van der Waals surface area (Å²) in [4.78, 5) is 26.9. The number of hydrogen-bond acceptors (Lipinski definition) is 5. The molecule has 1 atom stereocenters. The van der Waals surface area contributed by atoms with Crippen molar-refractivity contribution in [2.24, 2.45) is 0 Å². The zero-order valence-electron chi connectivity index (χ0n) is 12.3. The summed E-state index contributed by atoms with van der Waals surface area (Å²) in [6.07, 6.45) is 1.92. The summed E-state index contributed by atoms with van der Waals surface area (Å²) in [6, 6.07) is 4.16. The van der Waals surface area contributed by atoms with Gasteiger partial charge in [-0.1, -0.05) is 0 Å². The van der Waals surface area contributed by atoms with Crippen molar-refractivity contribution in [1.29, 1.82) is 0 Å². The Kier molecular flexibility index (Phi) is 4.42. The Morgan fingerprint density at radius 2 is 2.24 bits per heavy atom. The van der Waals surface area contributed by atoms with Gasteiger partial charge in [-0.05, 0) is 38.6 Å². The molecule has 1 fully saturated rings. The SMILES string of the molecule is CN1CCCC(N(C)C(=O)c2cc(N)ccc2[N+](=O)[O-])C1. The summed E-state index contributed by atoms with van der Waals surface area (Å²) in [5.41, 5.74) is 5.86. The molecule has 7 nitrogen and oxygen atoms in total. The number of likely N-dealkylation sites (N-methyl/N-ethyl adjacent to an activating group) is 2. The van der Waals surface area contributed by atoms with Crippen LogP contribution >= 0.6 is 0 Å². The third-order valence-electron chi connectivity index (χ3n) is 3.92. The van der Waals surface area contributed by atoms with Crippen molar-refractivity contribution in [3.63, 3.8) is 0 Å². The fraction of sp³-hybridized carbons (Fsp3) is 0.500. The van der Waals surface area contributed by atoms with Gasteiger partial charge in [0, 0.05) is 31.4 Å². The Bertz CT molecular complexity index is 561. The van der Waals surface area contributed by atoms with Gasteiger partial charge >= 0.3 is 0 Å². The first-order chi connectivity index (χ1) is 9.90. The lowest BCUT2D eigenvalue weighted by atomic mass is 10.0. The third kappa shape index (κ3) is 3.30. The number of piperidine rings is 1. The average Bonchev–Trinajstić information content (AvgIpc) is 2.45. The van der Waals surface area contributed by atoms with Gasteiger partial charge in [0.15, 0.2) is 0 Å². The van der Waals surface area contributed by atoms with Crippen molar-refractivity contribution in [1.82, 2.24) is 9.80 Å². The van der Waals surface area contributed by atoms with Crippen molar-refractivity contribution in [2.45, 2.75) is 18.9 Å². The van der Waals surface area contributed by atoms with E-state index in [2.05, 4.69) is 4.90 Å². The van der Waals surface area contributed by atoms with Crippen LogP contribution in [0.1, 0.15) is 23.2 Å². The van der Waals surface area contributed by atoms with E-state index in [4.69, 9.17) is 5.73 Å². The molecule has 1 unspecified atom stereocenters. The van der Waals surface area contributed by atoms with Gasteiger partial charge in [-0.2, -0.15) is 0 Å². The Morgan fingerprint density at radius 1 is 1.52 bits per heavy atom. The number of nitrogens with zero attached hydrogens (tertiary/aromatic N) is 3. The molecule has 1 aliphatic heterocycles. The fourth-order valence-electron chi connectivity index (χ4n) is 2.70. The Labute approximate surface area is 123 Å². The number of amides is 1. The molecule has 1 aromatic rings. The Balaban J connectivity index is 2.26. The molecule has 1 amide bonds. The highest BCUT2D eigenvalue weighted by atomic mass is 16.6. The second kappa shape index (κ2) is 6.09. The van der Waals surface area contributed by atoms with Gasteiger partial charge in [-0.3, -0.25) is 14.9 Å². The number of hydrogen-bond donors (Lipinski definition) is 1. The molecule has 0 bridgehead atoms. The number of nitrogen functional groups attached to an aromatic ring is 1. The highest BCUT2D eigenvalue weighted by molar-refractivity contribution is 5.99. The molecule has 1 aromatic carbocycles. The van der Waals surface area contributed by atoms with Crippen LogP contribution in [0.3, 0.4) is 0 Å². The van der Waals surface area contributed by atoms with Gasteiger partial charge < -0.3 is 15.5 Å². The van der Waals surface area contributed by atoms with E-state index in [1.165, 1.54) is 18.2 Å². The quantitative estimate of drug-likeness (QED) is 0.515. The summed E-state index contributed by atoms with van der Waals surface area (Å²) in [6.45, 7) is 1.79. The molecule has 0 radical (unpaired) electrons. The summed E-state index contributed by atoms with van der Waals surface area (Å²) >= 11 is 0. The van der Waals surface area contributed by atoms with Crippen molar-refractivity contribution < 1.29 is 9.72 Å². The van der Waals surface area contributed by atoms with Crippen LogP contribution in [0.5, 0.6) is 0 Å². The van der Waals surface area contributed by atoms with Gasteiger partial charge in [0.25, 0.3) is 11.6 Å². The third-order valence-corrected chi connectivity index (χ3v) is 3.92. The molecule has 1 heterocycles. The van der Waals surface area contributed by atoms with E-state index in [-0.39, 0.29) is 23.2 Å². The monoisotopic (exact) mass is 292 g/mol. The molecule has 0 saturated carbocycles. The van der Waals surface area contributed by atoms with Crippen LogP contribution in [0.2, 0.25) is 0 Å². The number of nitro groups is 1. The van der Waals surface area contributed by atoms with Crippen molar-refractivity contribution in [3.8, 4) is 0 Å². The van der Waals surface area contributed by atoms with E-state index >= 15 is 0 Å². The number of rotatable bonds is 3. The molecule has 0 aliphatic carbocycles. The number of carbonyl (C=O) groups excluding carboxylic acids is 1. The maximum atomic E-state index is 12.6. The first kappa shape index (κ1) is 15.2. The topological polar surface area (TPSA) is 92.7 Å². The molecule has 114 valence electrons. The lowest BCUT2D eigenvalue weighted by Gasteiger charge is -2.35. The van der Waals surface area contributed by atoms with Gasteiger partial charge in [-0.15, -0.1) is 0 Å². The van der Waals surface area contributed by atoms with Crippen LogP contribution in [0.15, 0.2) is 18.2 Å². The number of nitrogens with two attached hydrogens (primary N) is 1. The number of carbonyl (C=O) groups is 1. The lowest BCUT2D eigenvalue weighted by molar-refractivity contribution is -0.385. The predicted octanol–water partition coefficient (Wildman–Crippen LogP) is 1.34. The van der Waals surface area contributed by atoms with Crippen LogP contribution < -0.4 is 5.73 Å². The largest absolute Gasteiger partial charge is 0.399 e. The van der Waals surface area contributed by atoms with E-state index in [0.29, 0.717) is 5.69 Å². The number of anilines is 1. The first-order valence-corrected chi connectivity index (χ1v) is 6.89. The van der Waals surface area contributed by atoms with Crippen LogP contribution in [0, 0.1) is 10.1 Å². The number of likely N-dealkylation sites (tertiary alicyclic amines) is 1. The number of nitro benzene ring substituents is 1. The van der Waals surface area contributed by atoms with E-state index < -0.39 is 4.92 Å². The second-order valence-corrected chi connectivity index (χ2v) is 5.51. The first-order valence-electron chi connectivity index (χ1n) is 6.89. The minimum atomic E-state index is -0.548. The average molecular weight is 292 g/mol. The molecule has 2 N–H and O–H groups in total. The van der Waals surface area contributed by atoms with Gasteiger partial charge in [-0.25, -0.2) is 0 Å². The maximum Gasteiger partial charge on any atom is 0.282 e. The highest BCUT2D eigenvalue weighted by Crippen LogP contribution is 2.24. The highest BCUT2D eigenvalue weighted by Gasteiger charge is 2.29. The van der Waals surface area contributed by atoms with Crippen molar-refractivity contribution in [3.05, 3.63) is 33.9 Å². The van der Waals surface area contributed by atoms with Crippen molar-refractivity contribution >= 4 is 17.3 Å². The van der Waals surface area contributed by atoms with Gasteiger partial charge in [0.2, 0.25) is 0 Å². The summed E-state index contributed by atoms with van der Waals surface area (Å²) in [7, 11) is 3.70. The molecule has 1 aliphatic rings. The minimum absolute atomic E-state index is 0.0516. The summed E-state index contributed by atoms with van der Waals surface area (Å²) in [5, 5.41) is 11.1. The summed E-state index contributed by atoms with van der Waals surface area (Å²) < 4.78 is 0. The van der Waals surface area contributed by atoms with Crippen LogP contribution in [0.4, 0.5) is 11.4 Å². The normalized spacial score (nSPS) is 19.2.